The Morgan fingerprint density at radius 3 is 1.28 bits per heavy atom. The summed E-state index contributed by atoms with van der Waals surface area (Å²) >= 11 is 0. The van der Waals surface area contributed by atoms with Crippen LogP contribution in [-0.2, 0) is 29.8 Å². The second-order valence-corrected chi connectivity index (χ2v) is 9.13. The van der Waals surface area contributed by atoms with E-state index in [9.17, 15) is 35.5 Å². The van der Waals surface area contributed by atoms with Crippen LogP contribution in [0.25, 0.3) is 24.3 Å². The van der Waals surface area contributed by atoms with Gasteiger partial charge in [0.2, 0.25) is 11.8 Å². The van der Waals surface area contributed by atoms with Crippen LogP contribution in [-0.4, -0.2) is 37.8 Å². The first-order chi connectivity index (χ1) is 14.8. The molecule has 0 radical (unpaired) electrons. The molecule has 0 saturated carbocycles. The van der Waals surface area contributed by atoms with Gasteiger partial charge in [0.15, 0.2) is 0 Å². The fourth-order valence-corrected chi connectivity index (χ4v) is 4.01. The summed E-state index contributed by atoms with van der Waals surface area (Å²) in [6.07, 6.45) is 6.94. The Balaban J connectivity index is 2.57. The van der Waals surface area contributed by atoms with Crippen molar-refractivity contribution in [1.29, 1.82) is 0 Å². The number of primary amides is 2. The van der Waals surface area contributed by atoms with Crippen molar-refractivity contribution in [2.45, 2.75) is 9.79 Å². The third kappa shape index (κ3) is 6.99. The van der Waals surface area contributed by atoms with Crippen molar-refractivity contribution >= 4 is 56.4 Å². The van der Waals surface area contributed by atoms with E-state index in [1.165, 1.54) is 48.6 Å². The highest BCUT2D eigenvalue weighted by atomic mass is 32.2. The lowest BCUT2D eigenvalue weighted by atomic mass is 10.1. The highest BCUT2D eigenvalue weighted by molar-refractivity contribution is 7.86. The number of nitrogens with two attached hydrogens (primary N) is 2. The van der Waals surface area contributed by atoms with E-state index in [-0.39, 0.29) is 22.3 Å². The highest BCUT2D eigenvalue weighted by Gasteiger charge is 2.17. The summed E-state index contributed by atoms with van der Waals surface area (Å²) < 4.78 is 66.2. The van der Waals surface area contributed by atoms with Crippen LogP contribution in [0.1, 0.15) is 22.3 Å². The lowest BCUT2D eigenvalue weighted by molar-refractivity contribution is -0.114. The number of hydrogen-bond acceptors (Lipinski definition) is 6. The van der Waals surface area contributed by atoms with Crippen molar-refractivity contribution < 1.29 is 35.5 Å². The second-order valence-electron chi connectivity index (χ2n) is 6.35. The van der Waals surface area contributed by atoms with Crippen molar-refractivity contribution in [3.05, 3.63) is 70.8 Å². The Morgan fingerprint density at radius 2 is 1.00 bits per heavy atom. The molecule has 2 rings (SSSR count). The van der Waals surface area contributed by atoms with Gasteiger partial charge in [-0.05, 0) is 46.5 Å². The average Bonchev–Trinajstić information content (AvgIpc) is 2.68. The zero-order chi connectivity index (χ0) is 24.1. The molecule has 12 heteroatoms. The van der Waals surface area contributed by atoms with Gasteiger partial charge in [0, 0.05) is 12.2 Å². The van der Waals surface area contributed by atoms with Gasteiger partial charge in [0.25, 0.3) is 20.2 Å². The predicted molar refractivity (Wildman–Crippen MR) is 118 cm³/mol. The van der Waals surface area contributed by atoms with Crippen LogP contribution < -0.4 is 11.5 Å². The van der Waals surface area contributed by atoms with Crippen molar-refractivity contribution in [3.63, 3.8) is 0 Å². The molecule has 0 aliphatic carbocycles. The van der Waals surface area contributed by atoms with Crippen LogP contribution in [0, 0.1) is 0 Å². The summed E-state index contributed by atoms with van der Waals surface area (Å²) in [6, 6.07) is 7.70. The van der Waals surface area contributed by atoms with Crippen LogP contribution in [0.5, 0.6) is 0 Å². The molecule has 32 heavy (non-hydrogen) atoms. The zero-order valence-corrected chi connectivity index (χ0v) is 17.9. The third-order valence-corrected chi connectivity index (χ3v) is 5.77. The van der Waals surface area contributed by atoms with Crippen LogP contribution in [0.15, 0.2) is 58.3 Å². The first-order valence-electron chi connectivity index (χ1n) is 8.63. The van der Waals surface area contributed by atoms with E-state index in [1.54, 1.807) is 0 Å². The maximum Gasteiger partial charge on any atom is 0.295 e. The summed E-state index contributed by atoms with van der Waals surface area (Å²) in [5, 5.41) is 0. The van der Waals surface area contributed by atoms with Crippen LogP contribution in [0.3, 0.4) is 0 Å². The Hall–Kier alpha value is -3.58. The Labute approximate surface area is 184 Å². The second kappa shape index (κ2) is 9.70. The first-order valence-corrected chi connectivity index (χ1v) is 11.5. The molecular formula is C20H18N2O8S2. The number of rotatable bonds is 8. The molecule has 0 spiro atoms. The molecule has 168 valence electrons. The van der Waals surface area contributed by atoms with E-state index in [2.05, 4.69) is 0 Å². The maximum atomic E-state index is 11.8. The molecule has 0 aliphatic rings. The van der Waals surface area contributed by atoms with E-state index in [0.29, 0.717) is 0 Å². The topological polar surface area (TPSA) is 195 Å². The van der Waals surface area contributed by atoms with Gasteiger partial charge >= 0.3 is 0 Å². The summed E-state index contributed by atoms with van der Waals surface area (Å²) in [5.41, 5.74) is 10.5. The molecule has 0 bridgehead atoms. The van der Waals surface area contributed by atoms with E-state index in [4.69, 9.17) is 11.5 Å². The third-order valence-electron chi connectivity index (χ3n) is 3.95. The number of benzene rings is 2. The van der Waals surface area contributed by atoms with E-state index in [0.717, 1.165) is 24.3 Å². The predicted octanol–water partition coefficient (Wildman–Crippen LogP) is 1.35. The van der Waals surface area contributed by atoms with Crippen molar-refractivity contribution in [3.8, 4) is 0 Å². The maximum absolute atomic E-state index is 11.8. The fourth-order valence-electron chi connectivity index (χ4n) is 2.57. The smallest absolute Gasteiger partial charge is 0.295 e. The van der Waals surface area contributed by atoms with E-state index >= 15 is 0 Å². The molecule has 10 nitrogen and oxygen atoms in total. The number of carbonyl (C=O) groups excluding carboxylic acids is 2. The van der Waals surface area contributed by atoms with Crippen molar-refractivity contribution in [2.24, 2.45) is 11.5 Å². The molecule has 2 amide bonds. The zero-order valence-electron chi connectivity index (χ0n) is 16.2. The van der Waals surface area contributed by atoms with Crippen LogP contribution in [0.2, 0.25) is 0 Å². The van der Waals surface area contributed by atoms with Gasteiger partial charge in [0.1, 0.15) is 9.79 Å². The largest absolute Gasteiger partial charge is 0.366 e. The lowest BCUT2D eigenvalue weighted by Crippen LogP contribution is -2.05. The molecule has 0 unspecified atom stereocenters. The number of carbonyl (C=O) groups is 2. The molecule has 2 aromatic rings. The minimum absolute atomic E-state index is 0.00251. The molecule has 0 atom stereocenters. The van der Waals surface area contributed by atoms with E-state index in [1.807, 2.05) is 0 Å². The summed E-state index contributed by atoms with van der Waals surface area (Å²) in [4.78, 5) is 20.7. The number of amides is 2. The normalized spacial score (nSPS) is 12.7. The van der Waals surface area contributed by atoms with Gasteiger partial charge in [-0.25, -0.2) is 0 Å². The molecule has 6 N–H and O–H groups in total. The monoisotopic (exact) mass is 478 g/mol. The Bertz CT molecular complexity index is 1270. The highest BCUT2D eigenvalue weighted by Crippen LogP contribution is 2.24. The molecule has 0 fully saturated rings. The molecule has 0 heterocycles. The van der Waals surface area contributed by atoms with Crippen molar-refractivity contribution in [1.82, 2.24) is 0 Å². The molecule has 0 aliphatic heterocycles. The summed E-state index contributed by atoms with van der Waals surface area (Å²) in [5.74, 6) is -1.51. The molecule has 0 aromatic heterocycles. The molecule has 2 aromatic carbocycles. The number of hydrogen-bond donors (Lipinski definition) is 4. The minimum atomic E-state index is -4.68. The van der Waals surface area contributed by atoms with Crippen LogP contribution >= 0.6 is 0 Å². The first kappa shape index (κ1) is 24.7. The lowest BCUT2D eigenvalue weighted by Gasteiger charge is -2.07. The van der Waals surface area contributed by atoms with Crippen molar-refractivity contribution in [2.75, 3.05) is 0 Å². The Kier molecular flexibility index (Phi) is 7.48. The SMILES string of the molecule is NC(=O)/C=C/c1ccc(/C=C/c2ccc(/C=C/C(N)=O)cc2S(=O)(=O)O)c(S(=O)(=O)O)c1. The van der Waals surface area contributed by atoms with Gasteiger partial charge < -0.3 is 11.5 Å². The van der Waals surface area contributed by atoms with Crippen LogP contribution in [0.4, 0.5) is 0 Å². The summed E-state index contributed by atoms with van der Waals surface area (Å²) in [7, 11) is -9.36. The quantitative estimate of drug-likeness (QED) is 0.248. The molecular weight excluding hydrogens is 460 g/mol. The van der Waals surface area contributed by atoms with Gasteiger partial charge in [-0.2, -0.15) is 16.8 Å². The fraction of sp³-hybridized carbons (Fsp3) is 0. The van der Waals surface area contributed by atoms with Gasteiger partial charge in [0.05, 0.1) is 0 Å². The van der Waals surface area contributed by atoms with Gasteiger partial charge in [-0.3, -0.25) is 18.7 Å². The van der Waals surface area contributed by atoms with E-state index < -0.39 is 41.8 Å². The Morgan fingerprint density at radius 1 is 0.656 bits per heavy atom. The van der Waals surface area contributed by atoms with Gasteiger partial charge in [-0.15, -0.1) is 0 Å². The standard InChI is InChI=1S/C20H18N2O8S2/c21-19(23)9-3-13-1-5-15(17(11-13)31(25,26)27)7-8-16-6-2-14(4-10-20(22)24)12-18(16)32(28,29)30/h1-12H,(H2,21,23)(H2,22,24)(H,25,26,27)(H,28,29,30)/b8-7+,9-3+,10-4+. The van der Waals surface area contributed by atoms with Gasteiger partial charge in [-0.1, -0.05) is 36.4 Å². The minimum Gasteiger partial charge on any atom is -0.366 e. The molecule has 0 saturated heterocycles. The average molecular weight is 479 g/mol. The summed E-state index contributed by atoms with van der Waals surface area (Å²) in [6.45, 7) is 0.